The minimum absolute atomic E-state index is 0.0537. The van der Waals surface area contributed by atoms with Crippen molar-refractivity contribution in [3.05, 3.63) is 34.6 Å². The minimum Gasteiger partial charge on any atom is -0.351 e. The first-order valence-corrected chi connectivity index (χ1v) is 7.26. The number of hydrogen-bond acceptors (Lipinski definition) is 2. The first-order chi connectivity index (χ1) is 9.45. The van der Waals surface area contributed by atoms with Gasteiger partial charge in [-0.3, -0.25) is 4.79 Å². The highest BCUT2D eigenvalue weighted by Crippen LogP contribution is 2.34. The van der Waals surface area contributed by atoms with E-state index in [1.807, 2.05) is 0 Å². The highest BCUT2D eigenvalue weighted by atomic mass is 35.5. The molecule has 1 amide bonds. The van der Waals surface area contributed by atoms with E-state index >= 15 is 0 Å². The Balaban J connectivity index is 2.02. The Hall–Kier alpha value is -1.13. The van der Waals surface area contributed by atoms with Gasteiger partial charge in [-0.2, -0.15) is 0 Å². The minimum atomic E-state index is -0.444. The lowest BCUT2D eigenvalue weighted by atomic mass is 9.75. The van der Waals surface area contributed by atoms with Crippen molar-refractivity contribution in [2.24, 2.45) is 11.3 Å². The van der Waals surface area contributed by atoms with Crippen LogP contribution in [0.3, 0.4) is 0 Å². The van der Waals surface area contributed by atoms with Crippen LogP contribution in [-0.4, -0.2) is 19.0 Å². The number of amides is 1. The highest BCUT2D eigenvalue weighted by molar-refractivity contribution is 6.30. The largest absolute Gasteiger partial charge is 0.351 e. The third-order valence-corrected chi connectivity index (χ3v) is 4.47. The Kier molecular flexibility index (Phi) is 4.66. The molecule has 0 saturated carbocycles. The Morgan fingerprint density at radius 1 is 1.55 bits per heavy atom. The molecule has 1 atom stereocenters. The van der Waals surface area contributed by atoms with Crippen molar-refractivity contribution in [2.45, 2.75) is 26.8 Å². The summed E-state index contributed by atoms with van der Waals surface area (Å²) in [5.41, 5.74) is 0.457. The normalized spacial score (nSPS) is 22.2. The van der Waals surface area contributed by atoms with Gasteiger partial charge in [0.15, 0.2) is 0 Å². The van der Waals surface area contributed by atoms with Gasteiger partial charge < -0.3 is 10.6 Å². The molecule has 0 radical (unpaired) electrons. The maximum atomic E-state index is 13.1. The molecule has 1 heterocycles. The molecular weight excluding hydrogens is 279 g/mol. The summed E-state index contributed by atoms with van der Waals surface area (Å²) in [4.78, 5) is 12.5. The van der Waals surface area contributed by atoms with Gasteiger partial charge >= 0.3 is 0 Å². The fourth-order valence-corrected chi connectivity index (χ4v) is 2.87. The zero-order chi connectivity index (χ0) is 14.8. The number of nitrogens with one attached hydrogen (secondary N) is 2. The number of carbonyl (C=O) groups excluding carboxylic acids is 1. The second-order valence-corrected chi connectivity index (χ2v) is 6.08. The van der Waals surface area contributed by atoms with Gasteiger partial charge in [-0.1, -0.05) is 31.5 Å². The Bertz CT molecular complexity index is 499. The summed E-state index contributed by atoms with van der Waals surface area (Å²) in [5, 5.41) is 6.29. The van der Waals surface area contributed by atoms with E-state index in [4.69, 9.17) is 11.6 Å². The molecule has 0 aromatic heterocycles. The smallest absolute Gasteiger partial charge is 0.228 e. The summed E-state index contributed by atoms with van der Waals surface area (Å²) in [5.74, 6) is -0.118. The van der Waals surface area contributed by atoms with Crippen LogP contribution in [-0.2, 0) is 11.3 Å². The quantitative estimate of drug-likeness (QED) is 0.897. The molecule has 1 saturated heterocycles. The first-order valence-electron chi connectivity index (χ1n) is 6.88. The topological polar surface area (TPSA) is 41.1 Å². The predicted molar refractivity (Wildman–Crippen MR) is 78.0 cm³/mol. The van der Waals surface area contributed by atoms with E-state index in [2.05, 4.69) is 24.5 Å². The second kappa shape index (κ2) is 6.10. The second-order valence-electron chi connectivity index (χ2n) is 5.67. The van der Waals surface area contributed by atoms with Crippen molar-refractivity contribution < 1.29 is 9.18 Å². The Morgan fingerprint density at radius 3 is 2.85 bits per heavy atom. The highest BCUT2D eigenvalue weighted by Gasteiger charge is 2.43. The molecule has 1 aromatic carbocycles. The van der Waals surface area contributed by atoms with Crippen molar-refractivity contribution in [1.29, 1.82) is 0 Å². The molecular formula is C15H20ClFN2O. The summed E-state index contributed by atoms with van der Waals surface area (Å²) in [7, 11) is 0. The zero-order valence-corrected chi connectivity index (χ0v) is 12.6. The molecule has 1 aliphatic rings. The lowest BCUT2D eigenvalue weighted by Gasteiger charge is -2.31. The predicted octanol–water partition coefficient (Wildman–Crippen LogP) is 2.73. The van der Waals surface area contributed by atoms with Crippen LogP contribution in [0.2, 0.25) is 5.02 Å². The molecule has 2 N–H and O–H groups in total. The third kappa shape index (κ3) is 2.96. The van der Waals surface area contributed by atoms with Gasteiger partial charge in [0.25, 0.3) is 0 Å². The van der Waals surface area contributed by atoms with Crippen LogP contribution < -0.4 is 10.6 Å². The van der Waals surface area contributed by atoms with Gasteiger partial charge in [0.05, 0.1) is 10.4 Å². The van der Waals surface area contributed by atoms with E-state index < -0.39 is 5.82 Å². The van der Waals surface area contributed by atoms with Crippen molar-refractivity contribution in [3.63, 3.8) is 0 Å². The van der Waals surface area contributed by atoms with Crippen LogP contribution in [0.4, 0.5) is 4.39 Å². The van der Waals surface area contributed by atoms with Crippen LogP contribution in [0.25, 0.3) is 0 Å². The van der Waals surface area contributed by atoms with Gasteiger partial charge in [-0.05, 0) is 36.6 Å². The lowest BCUT2D eigenvalue weighted by Crippen LogP contribution is -2.45. The van der Waals surface area contributed by atoms with E-state index in [1.54, 1.807) is 12.1 Å². The third-order valence-electron chi connectivity index (χ3n) is 4.18. The molecule has 110 valence electrons. The van der Waals surface area contributed by atoms with Crippen molar-refractivity contribution in [2.75, 3.05) is 13.1 Å². The van der Waals surface area contributed by atoms with Gasteiger partial charge in [0.1, 0.15) is 5.82 Å². The van der Waals surface area contributed by atoms with Crippen LogP contribution in [0.15, 0.2) is 18.2 Å². The maximum absolute atomic E-state index is 13.1. The van der Waals surface area contributed by atoms with E-state index in [1.165, 1.54) is 6.07 Å². The van der Waals surface area contributed by atoms with Crippen molar-refractivity contribution in [1.82, 2.24) is 10.6 Å². The molecule has 3 nitrogen and oxygen atoms in total. The average molecular weight is 299 g/mol. The molecule has 0 spiro atoms. The van der Waals surface area contributed by atoms with Crippen molar-refractivity contribution >= 4 is 17.5 Å². The van der Waals surface area contributed by atoms with E-state index in [0.29, 0.717) is 13.1 Å². The molecule has 0 bridgehead atoms. The van der Waals surface area contributed by atoms with Gasteiger partial charge in [-0.15, -0.1) is 0 Å². The number of halogens is 2. The standard InChI is InChI=1S/C15H20ClFN2O/c1-10(2)15(5-6-18-9-15)14(20)19-8-11-3-4-13(17)12(16)7-11/h3-4,7,10,18H,5-6,8-9H2,1-2H3,(H,19,20). The summed E-state index contributed by atoms with van der Waals surface area (Å²) in [6.07, 6.45) is 0.848. The van der Waals surface area contributed by atoms with Crippen LogP contribution >= 0.6 is 11.6 Å². The van der Waals surface area contributed by atoms with E-state index in [-0.39, 0.29) is 22.3 Å². The molecule has 0 aliphatic carbocycles. The molecule has 1 unspecified atom stereocenters. The Morgan fingerprint density at radius 2 is 2.30 bits per heavy atom. The zero-order valence-electron chi connectivity index (χ0n) is 11.8. The van der Waals surface area contributed by atoms with Crippen molar-refractivity contribution in [3.8, 4) is 0 Å². The number of hydrogen-bond donors (Lipinski definition) is 2. The van der Waals surface area contributed by atoms with Gasteiger partial charge in [-0.25, -0.2) is 4.39 Å². The number of carbonyl (C=O) groups is 1. The Labute approximate surface area is 123 Å². The molecule has 1 fully saturated rings. The molecule has 1 aliphatic heterocycles. The number of rotatable bonds is 4. The van der Waals surface area contributed by atoms with Gasteiger partial charge in [0, 0.05) is 13.1 Å². The summed E-state index contributed by atoms with van der Waals surface area (Å²) >= 11 is 5.74. The molecule has 20 heavy (non-hydrogen) atoms. The SMILES string of the molecule is CC(C)C1(C(=O)NCc2ccc(F)c(Cl)c2)CCNC1. The summed E-state index contributed by atoms with van der Waals surface area (Å²) in [6, 6.07) is 4.50. The fourth-order valence-electron chi connectivity index (χ4n) is 2.67. The van der Waals surface area contributed by atoms with E-state index in [0.717, 1.165) is 18.5 Å². The monoisotopic (exact) mass is 298 g/mol. The lowest BCUT2D eigenvalue weighted by molar-refractivity contribution is -0.132. The summed E-state index contributed by atoms with van der Waals surface area (Å²) < 4.78 is 13.1. The van der Waals surface area contributed by atoms with Crippen LogP contribution in [0.5, 0.6) is 0 Å². The summed E-state index contributed by atoms with van der Waals surface area (Å²) in [6.45, 7) is 6.09. The molecule has 1 aromatic rings. The molecule has 5 heteroatoms. The van der Waals surface area contributed by atoms with Crippen LogP contribution in [0, 0.1) is 17.2 Å². The maximum Gasteiger partial charge on any atom is 0.228 e. The van der Waals surface area contributed by atoms with Crippen LogP contribution in [0.1, 0.15) is 25.8 Å². The fraction of sp³-hybridized carbons (Fsp3) is 0.533. The molecule has 2 rings (SSSR count). The first kappa shape index (κ1) is 15.3. The number of benzene rings is 1. The van der Waals surface area contributed by atoms with Gasteiger partial charge in [0.2, 0.25) is 5.91 Å². The average Bonchev–Trinajstić information content (AvgIpc) is 2.90. The van der Waals surface area contributed by atoms with E-state index in [9.17, 15) is 9.18 Å².